The first kappa shape index (κ1) is 12.6. The van der Waals surface area contributed by atoms with E-state index in [2.05, 4.69) is 25.9 Å². The first-order valence-corrected chi connectivity index (χ1v) is 7.02. The number of aromatic amines is 1. The first-order chi connectivity index (χ1) is 9.25. The SMILES string of the molecule is O=c1[nH]c(C2CCCO2)nc(-c2ccccc2)c1Br. The van der Waals surface area contributed by atoms with Crippen LogP contribution in [0.5, 0.6) is 0 Å². The average Bonchev–Trinajstić information content (AvgIpc) is 2.97. The third kappa shape index (κ3) is 2.48. The van der Waals surface area contributed by atoms with Crippen molar-refractivity contribution in [3.05, 3.63) is 51.0 Å². The molecule has 0 saturated carbocycles. The smallest absolute Gasteiger partial charge is 0.265 e. The molecule has 1 unspecified atom stereocenters. The highest BCUT2D eigenvalue weighted by atomic mass is 79.9. The number of ether oxygens (including phenoxy) is 1. The lowest BCUT2D eigenvalue weighted by atomic mass is 10.1. The Balaban J connectivity index is 2.11. The van der Waals surface area contributed by atoms with Gasteiger partial charge in [-0.3, -0.25) is 4.79 Å². The Labute approximate surface area is 119 Å². The van der Waals surface area contributed by atoms with Gasteiger partial charge >= 0.3 is 0 Å². The second-order valence-corrected chi connectivity index (χ2v) is 5.27. The normalized spacial score (nSPS) is 18.7. The molecule has 1 aromatic heterocycles. The van der Waals surface area contributed by atoms with Crippen LogP contribution < -0.4 is 5.56 Å². The molecule has 0 radical (unpaired) electrons. The highest BCUT2D eigenvalue weighted by molar-refractivity contribution is 9.10. The molecule has 4 nitrogen and oxygen atoms in total. The number of aromatic nitrogens is 2. The molecule has 5 heteroatoms. The largest absolute Gasteiger partial charge is 0.370 e. The number of rotatable bonds is 2. The van der Waals surface area contributed by atoms with E-state index in [1.807, 2.05) is 30.3 Å². The lowest BCUT2D eigenvalue weighted by molar-refractivity contribution is 0.105. The molecule has 1 atom stereocenters. The van der Waals surface area contributed by atoms with E-state index < -0.39 is 0 Å². The van der Waals surface area contributed by atoms with Crippen molar-refractivity contribution in [2.45, 2.75) is 18.9 Å². The fourth-order valence-electron chi connectivity index (χ4n) is 2.21. The van der Waals surface area contributed by atoms with Gasteiger partial charge in [-0.15, -0.1) is 0 Å². The topological polar surface area (TPSA) is 55.0 Å². The molecule has 1 fully saturated rings. The van der Waals surface area contributed by atoms with Crippen LogP contribution in [0.15, 0.2) is 39.6 Å². The molecule has 0 aliphatic carbocycles. The van der Waals surface area contributed by atoms with Crippen molar-refractivity contribution < 1.29 is 4.74 Å². The van der Waals surface area contributed by atoms with E-state index in [4.69, 9.17) is 4.74 Å². The summed E-state index contributed by atoms with van der Waals surface area (Å²) in [5.41, 5.74) is 1.41. The fraction of sp³-hybridized carbons (Fsp3) is 0.286. The molecule has 0 bridgehead atoms. The monoisotopic (exact) mass is 320 g/mol. The molecule has 0 spiro atoms. The molecular weight excluding hydrogens is 308 g/mol. The molecule has 2 heterocycles. The van der Waals surface area contributed by atoms with E-state index in [1.165, 1.54) is 0 Å². The fourth-order valence-corrected chi connectivity index (χ4v) is 2.63. The van der Waals surface area contributed by atoms with Gasteiger partial charge in [-0.1, -0.05) is 30.3 Å². The van der Waals surface area contributed by atoms with Crippen molar-refractivity contribution >= 4 is 15.9 Å². The number of benzene rings is 1. The van der Waals surface area contributed by atoms with Crippen LogP contribution >= 0.6 is 15.9 Å². The van der Waals surface area contributed by atoms with Gasteiger partial charge in [-0.25, -0.2) is 4.98 Å². The van der Waals surface area contributed by atoms with Crippen LogP contribution in [0, 0.1) is 0 Å². The van der Waals surface area contributed by atoms with E-state index in [1.54, 1.807) is 0 Å². The van der Waals surface area contributed by atoms with E-state index in [9.17, 15) is 4.79 Å². The summed E-state index contributed by atoms with van der Waals surface area (Å²) in [6.07, 6.45) is 1.81. The average molecular weight is 321 g/mol. The van der Waals surface area contributed by atoms with Crippen molar-refractivity contribution in [3.8, 4) is 11.3 Å². The Hall–Kier alpha value is -1.46. The number of nitrogens with zero attached hydrogens (tertiary/aromatic N) is 1. The van der Waals surface area contributed by atoms with Crippen LogP contribution in [0.2, 0.25) is 0 Å². The van der Waals surface area contributed by atoms with Crippen molar-refractivity contribution in [2.24, 2.45) is 0 Å². The van der Waals surface area contributed by atoms with Gasteiger partial charge < -0.3 is 9.72 Å². The quantitative estimate of drug-likeness (QED) is 0.925. The number of hydrogen-bond acceptors (Lipinski definition) is 3. The molecule has 19 heavy (non-hydrogen) atoms. The van der Waals surface area contributed by atoms with Gasteiger partial charge in [0.2, 0.25) is 0 Å². The summed E-state index contributed by atoms with van der Waals surface area (Å²) in [7, 11) is 0. The Bertz CT molecular complexity index is 634. The van der Waals surface area contributed by atoms with Crippen molar-refractivity contribution in [1.82, 2.24) is 9.97 Å². The van der Waals surface area contributed by atoms with Crippen LogP contribution in [0.1, 0.15) is 24.8 Å². The van der Waals surface area contributed by atoms with E-state index in [0.717, 1.165) is 25.0 Å². The Morgan fingerprint density at radius 3 is 2.79 bits per heavy atom. The number of nitrogens with one attached hydrogen (secondary N) is 1. The molecule has 1 N–H and O–H groups in total. The van der Waals surface area contributed by atoms with E-state index in [0.29, 0.717) is 16.0 Å². The maximum absolute atomic E-state index is 12.0. The number of halogens is 1. The highest BCUT2D eigenvalue weighted by Gasteiger charge is 2.22. The van der Waals surface area contributed by atoms with Crippen LogP contribution in [-0.2, 0) is 4.74 Å². The maximum atomic E-state index is 12.0. The van der Waals surface area contributed by atoms with Crippen molar-refractivity contribution in [2.75, 3.05) is 6.61 Å². The summed E-state index contributed by atoms with van der Waals surface area (Å²) in [4.78, 5) is 19.3. The minimum absolute atomic E-state index is 0.0942. The second-order valence-electron chi connectivity index (χ2n) is 4.48. The van der Waals surface area contributed by atoms with Crippen molar-refractivity contribution in [1.29, 1.82) is 0 Å². The van der Waals surface area contributed by atoms with Gasteiger partial charge in [0, 0.05) is 12.2 Å². The zero-order valence-electron chi connectivity index (χ0n) is 10.2. The van der Waals surface area contributed by atoms with Crippen LogP contribution in [0.3, 0.4) is 0 Å². The molecule has 0 amide bonds. The molecular formula is C14H13BrN2O2. The van der Waals surface area contributed by atoms with Crippen LogP contribution in [0.25, 0.3) is 11.3 Å². The Kier molecular flexibility index (Phi) is 3.48. The molecule has 2 aromatic rings. The summed E-state index contributed by atoms with van der Waals surface area (Å²) < 4.78 is 6.04. The first-order valence-electron chi connectivity index (χ1n) is 6.22. The van der Waals surface area contributed by atoms with Crippen molar-refractivity contribution in [3.63, 3.8) is 0 Å². The van der Waals surface area contributed by atoms with Gasteiger partial charge in [-0.2, -0.15) is 0 Å². The van der Waals surface area contributed by atoms with Crippen LogP contribution in [0.4, 0.5) is 0 Å². The molecule has 1 saturated heterocycles. The molecule has 1 aliphatic heterocycles. The van der Waals surface area contributed by atoms with Crippen LogP contribution in [-0.4, -0.2) is 16.6 Å². The molecule has 98 valence electrons. The zero-order valence-corrected chi connectivity index (χ0v) is 11.8. The van der Waals surface area contributed by atoms with Gasteiger partial charge in [-0.05, 0) is 28.8 Å². The third-order valence-electron chi connectivity index (χ3n) is 3.16. The second kappa shape index (κ2) is 5.27. The summed E-state index contributed by atoms with van der Waals surface area (Å²) in [6.45, 7) is 0.727. The zero-order chi connectivity index (χ0) is 13.2. The lowest BCUT2D eigenvalue weighted by Crippen LogP contribution is -2.16. The predicted octanol–water partition coefficient (Wildman–Crippen LogP) is 3.05. The van der Waals surface area contributed by atoms with E-state index in [-0.39, 0.29) is 11.7 Å². The minimum Gasteiger partial charge on any atom is -0.370 e. The minimum atomic E-state index is -0.167. The predicted molar refractivity (Wildman–Crippen MR) is 75.9 cm³/mol. The Morgan fingerprint density at radius 2 is 2.11 bits per heavy atom. The summed E-state index contributed by atoms with van der Waals surface area (Å²) in [5.74, 6) is 0.615. The molecule has 1 aromatic carbocycles. The lowest BCUT2D eigenvalue weighted by Gasteiger charge is -2.11. The summed E-state index contributed by atoms with van der Waals surface area (Å²) >= 11 is 3.31. The maximum Gasteiger partial charge on any atom is 0.265 e. The molecule has 3 rings (SSSR count). The Morgan fingerprint density at radius 1 is 1.32 bits per heavy atom. The molecule has 1 aliphatic rings. The van der Waals surface area contributed by atoms with Gasteiger partial charge in [0.25, 0.3) is 5.56 Å². The highest BCUT2D eigenvalue weighted by Crippen LogP contribution is 2.29. The number of hydrogen-bond donors (Lipinski definition) is 1. The van der Waals surface area contributed by atoms with Gasteiger partial charge in [0.1, 0.15) is 16.4 Å². The van der Waals surface area contributed by atoms with Gasteiger partial charge in [0.15, 0.2) is 0 Å². The summed E-state index contributed by atoms with van der Waals surface area (Å²) in [6, 6.07) is 9.66. The van der Waals surface area contributed by atoms with E-state index >= 15 is 0 Å². The summed E-state index contributed by atoms with van der Waals surface area (Å²) in [5, 5.41) is 0. The third-order valence-corrected chi connectivity index (χ3v) is 3.90. The standard InChI is InChI=1S/C14H13BrN2O2/c15-11-12(9-5-2-1-3-6-9)16-13(17-14(11)18)10-7-4-8-19-10/h1-3,5-6,10H,4,7-8H2,(H,16,17,18). The van der Waals surface area contributed by atoms with Gasteiger partial charge in [0.05, 0.1) is 5.69 Å². The number of H-pyrrole nitrogens is 1.